The maximum Gasteiger partial charge on any atom is 0.273 e. The van der Waals surface area contributed by atoms with Crippen molar-refractivity contribution in [3.63, 3.8) is 0 Å². The summed E-state index contributed by atoms with van der Waals surface area (Å²) in [5.74, 6) is 0.839. The summed E-state index contributed by atoms with van der Waals surface area (Å²) < 4.78 is 5.20. The van der Waals surface area contributed by atoms with Crippen LogP contribution in [0.3, 0.4) is 0 Å². The minimum atomic E-state index is -0.139. The number of hydrogen-bond acceptors (Lipinski definition) is 4. The predicted octanol–water partition coefficient (Wildman–Crippen LogP) is 3.51. The lowest BCUT2D eigenvalue weighted by molar-refractivity contribution is 0.0922. The van der Waals surface area contributed by atoms with E-state index in [-0.39, 0.29) is 17.9 Å². The number of nitrogens with zero attached hydrogens (tertiary/aromatic N) is 2. The van der Waals surface area contributed by atoms with Crippen LogP contribution in [0.2, 0.25) is 0 Å². The SMILES string of the molecule is Cc1cccc(N2CCC(NC(=O)c3cc(C(C)C)on3)CC2)c1. The summed E-state index contributed by atoms with van der Waals surface area (Å²) in [6, 6.07) is 10.5. The number of aryl methyl sites for hydroxylation is 1. The molecular formula is C19H25N3O2. The number of hydrogen-bond donors (Lipinski definition) is 1. The second kappa shape index (κ2) is 7.07. The third kappa shape index (κ3) is 3.78. The first-order valence-corrected chi connectivity index (χ1v) is 8.62. The number of anilines is 1. The van der Waals surface area contributed by atoms with Gasteiger partial charge in [0.1, 0.15) is 5.76 Å². The molecule has 0 atom stereocenters. The van der Waals surface area contributed by atoms with Gasteiger partial charge in [0.2, 0.25) is 0 Å². The molecule has 1 saturated heterocycles. The van der Waals surface area contributed by atoms with Crippen LogP contribution >= 0.6 is 0 Å². The highest BCUT2D eigenvalue weighted by Gasteiger charge is 2.23. The molecule has 1 aromatic heterocycles. The summed E-state index contributed by atoms with van der Waals surface area (Å²) in [5, 5.41) is 6.96. The molecule has 1 N–H and O–H groups in total. The third-order valence-electron chi connectivity index (χ3n) is 4.53. The zero-order chi connectivity index (χ0) is 17.1. The lowest BCUT2D eigenvalue weighted by Crippen LogP contribution is -2.44. The monoisotopic (exact) mass is 327 g/mol. The topological polar surface area (TPSA) is 58.4 Å². The largest absolute Gasteiger partial charge is 0.371 e. The van der Waals surface area contributed by atoms with Crippen LogP contribution < -0.4 is 10.2 Å². The third-order valence-corrected chi connectivity index (χ3v) is 4.53. The molecular weight excluding hydrogens is 302 g/mol. The molecule has 1 fully saturated rings. The Bertz CT molecular complexity index is 700. The van der Waals surface area contributed by atoms with Crippen molar-refractivity contribution in [2.24, 2.45) is 0 Å². The maximum absolute atomic E-state index is 12.3. The van der Waals surface area contributed by atoms with Crippen LogP contribution in [-0.4, -0.2) is 30.2 Å². The van der Waals surface area contributed by atoms with Crippen LogP contribution in [0.4, 0.5) is 5.69 Å². The number of nitrogens with one attached hydrogen (secondary N) is 1. The van der Waals surface area contributed by atoms with Gasteiger partial charge in [-0.3, -0.25) is 4.79 Å². The molecule has 5 nitrogen and oxygen atoms in total. The standard InChI is InChI=1S/C19H25N3O2/c1-13(2)18-12-17(21-24-18)19(23)20-15-7-9-22(10-8-15)16-6-4-5-14(3)11-16/h4-6,11-13,15H,7-10H2,1-3H3,(H,20,23). The van der Waals surface area contributed by atoms with Crippen LogP contribution in [0.5, 0.6) is 0 Å². The van der Waals surface area contributed by atoms with Crippen LogP contribution in [0, 0.1) is 6.92 Å². The maximum atomic E-state index is 12.3. The summed E-state index contributed by atoms with van der Waals surface area (Å²) in [5.41, 5.74) is 2.91. The van der Waals surface area contributed by atoms with Crippen molar-refractivity contribution in [3.05, 3.63) is 47.3 Å². The molecule has 2 heterocycles. The molecule has 2 aromatic rings. The van der Waals surface area contributed by atoms with E-state index in [1.807, 2.05) is 13.8 Å². The van der Waals surface area contributed by atoms with E-state index < -0.39 is 0 Å². The van der Waals surface area contributed by atoms with Crippen LogP contribution in [-0.2, 0) is 0 Å². The summed E-state index contributed by atoms with van der Waals surface area (Å²) in [4.78, 5) is 14.7. The quantitative estimate of drug-likeness (QED) is 0.933. The lowest BCUT2D eigenvalue weighted by atomic mass is 10.0. The van der Waals surface area contributed by atoms with Gasteiger partial charge in [-0.15, -0.1) is 0 Å². The Morgan fingerprint density at radius 1 is 1.29 bits per heavy atom. The summed E-state index contributed by atoms with van der Waals surface area (Å²) in [6.45, 7) is 8.04. The lowest BCUT2D eigenvalue weighted by Gasteiger charge is -2.34. The van der Waals surface area contributed by atoms with E-state index in [2.05, 4.69) is 46.6 Å². The summed E-state index contributed by atoms with van der Waals surface area (Å²) >= 11 is 0. The van der Waals surface area contributed by atoms with Crippen LogP contribution in [0.15, 0.2) is 34.9 Å². The van der Waals surface area contributed by atoms with E-state index in [9.17, 15) is 4.79 Å². The smallest absolute Gasteiger partial charge is 0.273 e. The van der Waals surface area contributed by atoms with Crippen molar-refractivity contribution < 1.29 is 9.32 Å². The van der Waals surface area contributed by atoms with E-state index in [1.54, 1.807) is 6.07 Å². The van der Waals surface area contributed by atoms with E-state index in [0.29, 0.717) is 5.69 Å². The number of carbonyl (C=O) groups is 1. The highest BCUT2D eigenvalue weighted by Crippen LogP contribution is 2.21. The molecule has 1 amide bonds. The summed E-state index contributed by atoms with van der Waals surface area (Å²) in [7, 11) is 0. The fraction of sp³-hybridized carbons (Fsp3) is 0.474. The van der Waals surface area contributed by atoms with Crippen molar-refractivity contribution >= 4 is 11.6 Å². The average molecular weight is 327 g/mol. The molecule has 5 heteroatoms. The fourth-order valence-electron chi connectivity index (χ4n) is 3.03. The number of rotatable bonds is 4. The first kappa shape index (κ1) is 16.6. The Morgan fingerprint density at radius 3 is 2.67 bits per heavy atom. The van der Waals surface area contributed by atoms with Crippen molar-refractivity contribution in [1.82, 2.24) is 10.5 Å². The first-order valence-electron chi connectivity index (χ1n) is 8.62. The predicted molar refractivity (Wildman–Crippen MR) is 94.5 cm³/mol. The van der Waals surface area contributed by atoms with Crippen molar-refractivity contribution in [2.45, 2.75) is 45.6 Å². The van der Waals surface area contributed by atoms with Crippen molar-refractivity contribution in [2.75, 3.05) is 18.0 Å². The van der Waals surface area contributed by atoms with Gasteiger partial charge in [0, 0.05) is 36.8 Å². The first-order chi connectivity index (χ1) is 11.5. The van der Waals surface area contributed by atoms with Crippen LogP contribution in [0.1, 0.15) is 54.4 Å². The number of carbonyl (C=O) groups excluding carboxylic acids is 1. The van der Waals surface area contributed by atoms with Crippen molar-refractivity contribution in [1.29, 1.82) is 0 Å². The Hall–Kier alpha value is -2.30. The number of piperidine rings is 1. The van der Waals surface area contributed by atoms with Gasteiger partial charge in [0.05, 0.1) is 0 Å². The molecule has 1 aliphatic heterocycles. The van der Waals surface area contributed by atoms with Gasteiger partial charge in [-0.25, -0.2) is 0 Å². The van der Waals surface area contributed by atoms with Gasteiger partial charge in [-0.1, -0.05) is 31.1 Å². The normalized spacial score (nSPS) is 15.8. The van der Waals surface area contributed by atoms with E-state index in [0.717, 1.165) is 31.7 Å². The molecule has 0 unspecified atom stereocenters. The zero-order valence-corrected chi connectivity index (χ0v) is 14.6. The highest BCUT2D eigenvalue weighted by atomic mass is 16.5. The fourth-order valence-corrected chi connectivity index (χ4v) is 3.03. The van der Waals surface area contributed by atoms with E-state index in [1.165, 1.54) is 11.3 Å². The Morgan fingerprint density at radius 2 is 2.04 bits per heavy atom. The average Bonchev–Trinajstić information content (AvgIpc) is 3.06. The van der Waals surface area contributed by atoms with Crippen LogP contribution in [0.25, 0.3) is 0 Å². The molecule has 24 heavy (non-hydrogen) atoms. The molecule has 0 bridgehead atoms. The second-order valence-electron chi connectivity index (χ2n) is 6.84. The second-order valence-corrected chi connectivity index (χ2v) is 6.84. The molecule has 128 valence electrons. The van der Waals surface area contributed by atoms with Gasteiger partial charge >= 0.3 is 0 Å². The zero-order valence-electron chi connectivity index (χ0n) is 14.6. The van der Waals surface area contributed by atoms with E-state index in [4.69, 9.17) is 4.52 Å². The molecule has 0 radical (unpaired) electrons. The summed E-state index contributed by atoms with van der Waals surface area (Å²) in [6.07, 6.45) is 1.88. The minimum Gasteiger partial charge on any atom is -0.371 e. The van der Waals surface area contributed by atoms with Gasteiger partial charge in [0.25, 0.3) is 5.91 Å². The van der Waals surface area contributed by atoms with Crippen molar-refractivity contribution in [3.8, 4) is 0 Å². The van der Waals surface area contributed by atoms with Gasteiger partial charge in [-0.2, -0.15) is 0 Å². The minimum absolute atomic E-state index is 0.139. The molecule has 3 rings (SSSR count). The van der Waals surface area contributed by atoms with Gasteiger partial charge in [-0.05, 0) is 37.5 Å². The highest BCUT2D eigenvalue weighted by molar-refractivity contribution is 5.92. The molecule has 0 saturated carbocycles. The Balaban J connectivity index is 1.54. The number of aromatic nitrogens is 1. The molecule has 1 aromatic carbocycles. The Kier molecular flexibility index (Phi) is 4.88. The van der Waals surface area contributed by atoms with Gasteiger partial charge in [0.15, 0.2) is 5.69 Å². The van der Waals surface area contributed by atoms with Gasteiger partial charge < -0.3 is 14.7 Å². The molecule has 0 aliphatic carbocycles. The molecule has 1 aliphatic rings. The Labute approximate surface area is 143 Å². The molecule has 0 spiro atoms. The number of amides is 1. The van der Waals surface area contributed by atoms with E-state index >= 15 is 0 Å². The number of benzene rings is 1.